The Morgan fingerprint density at radius 1 is 1.19 bits per heavy atom. The van der Waals surface area contributed by atoms with Crippen LogP contribution < -0.4 is 4.74 Å². The Balaban J connectivity index is 1.63. The lowest BCUT2D eigenvalue weighted by Gasteiger charge is -2.29. The molecule has 1 aliphatic rings. The van der Waals surface area contributed by atoms with Crippen molar-refractivity contribution in [2.75, 3.05) is 13.7 Å². The second kappa shape index (κ2) is 7.79. The van der Waals surface area contributed by atoms with E-state index >= 15 is 0 Å². The fraction of sp³-hybridized carbons (Fsp3) is 0.300. The van der Waals surface area contributed by atoms with Crippen LogP contribution in [0.3, 0.4) is 0 Å². The van der Waals surface area contributed by atoms with E-state index in [0.717, 1.165) is 23.1 Å². The van der Waals surface area contributed by atoms with Crippen LogP contribution in [0, 0.1) is 0 Å². The van der Waals surface area contributed by atoms with E-state index in [2.05, 4.69) is 0 Å². The van der Waals surface area contributed by atoms with E-state index in [9.17, 15) is 9.59 Å². The number of methoxy groups -OCH3 is 1. The van der Waals surface area contributed by atoms with Crippen molar-refractivity contribution >= 4 is 23.5 Å². The van der Waals surface area contributed by atoms with Gasteiger partial charge in [0, 0.05) is 19.5 Å². The Labute approximate surface area is 157 Å². The van der Waals surface area contributed by atoms with Gasteiger partial charge in [-0.2, -0.15) is 0 Å². The average molecular weight is 374 g/mol. The summed E-state index contributed by atoms with van der Waals surface area (Å²) in [5.74, 6) is -0.278. The van der Waals surface area contributed by atoms with Gasteiger partial charge in [0.2, 0.25) is 5.91 Å². The maximum atomic E-state index is 12.6. The number of rotatable bonds is 5. The first-order chi connectivity index (χ1) is 12.5. The zero-order valence-electron chi connectivity index (χ0n) is 14.5. The van der Waals surface area contributed by atoms with Crippen LogP contribution in [0.1, 0.15) is 33.5 Å². The summed E-state index contributed by atoms with van der Waals surface area (Å²) in [7, 11) is 1.56. The molecule has 3 rings (SSSR count). The SMILES string of the molecule is COc1ccc(CCC(=O)N2CCc3ccc(C(=O)O)cc3C2)cc1Cl. The second-order valence-electron chi connectivity index (χ2n) is 6.32. The van der Waals surface area contributed by atoms with Crippen molar-refractivity contribution in [3.63, 3.8) is 0 Å². The molecule has 0 saturated heterocycles. The summed E-state index contributed by atoms with van der Waals surface area (Å²) >= 11 is 6.12. The van der Waals surface area contributed by atoms with E-state index in [1.54, 1.807) is 30.2 Å². The van der Waals surface area contributed by atoms with Gasteiger partial charge in [0.05, 0.1) is 17.7 Å². The number of carbonyl (C=O) groups excluding carboxylic acids is 1. The third-order valence-electron chi connectivity index (χ3n) is 4.66. The molecule has 6 heteroatoms. The Morgan fingerprint density at radius 2 is 2.00 bits per heavy atom. The van der Waals surface area contributed by atoms with E-state index in [4.69, 9.17) is 21.4 Å². The molecular weight excluding hydrogens is 354 g/mol. The lowest BCUT2D eigenvalue weighted by atomic mass is 9.97. The summed E-state index contributed by atoms with van der Waals surface area (Å²) in [4.78, 5) is 25.5. The van der Waals surface area contributed by atoms with Gasteiger partial charge in [-0.25, -0.2) is 4.79 Å². The number of fused-ring (bicyclic) bond motifs is 1. The number of hydrogen-bond acceptors (Lipinski definition) is 3. The highest BCUT2D eigenvalue weighted by molar-refractivity contribution is 6.32. The summed E-state index contributed by atoms with van der Waals surface area (Å²) < 4.78 is 5.13. The lowest BCUT2D eigenvalue weighted by Crippen LogP contribution is -2.36. The molecule has 0 aliphatic carbocycles. The summed E-state index contributed by atoms with van der Waals surface area (Å²) in [6.45, 7) is 1.11. The van der Waals surface area contributed by atoms with Gasteiger partial charge in [-0.3, -0.25) is 4.79 Å². The number of aryl methyl sites for hydroxylation is 1. The van der Waals surface area contributed by atoms with Crippen LogP contribution in [-0.2, 0) is 24.2 Å². The molecule has 0 unspecified atom stereocenters. The first-order valence-electron chi connectivity index (χ1n) is 8.43. The standard InChI is InChI=1S/C20H20ClNO4/c1-26-18-6-2-13(10-17(18)21)3-7-19(23)22-9-8-14-4-5-15(20(24)25)11-16(14)12-22/h2,4-6,10-11H,3,7-9,12H2,1H3,(H,24,25). The minimum absolute atomic E-state index is 0.0586. The number of halogens is 1. The van der Waals surface area contributed by atoms with Crippen molar-refractivity contribution in [1.82, 2.24) is 4.90 Å². The van der Waals surface area contributed by atoms with Crippen molar-refractivity contribution in [2.24, 2.45) is 0 Å². The largest absolute Gasteiger partial charge is 0.495 e. The maximum absolute atomic E-state index is 12.6. The van der Waals surface area contributed by atoms with Crippen molar-refractivity contribution in [3.05, 3.63) is 63.7 Å². The zero-order valence-corrected chi connectivity index (χ0v) is 15.3. The second-order valence-corrected chi connectivity index (χ2v) is 6.73. The third kappa shape index (κ3) is 3.99. The summed E-state index contributed by atoms with van der Waals surface area (Å²) in [6, 6.07) is 10.7. The fourth-order valence-electron chi connectivity index (χ4n) is 3.18. The van der Waals surface area contributed by atoms with Gasteiger partial charge >= 0.3 is 5.97 Å². The number of carboxylic acids is 1. The van der Waals surface area contributed by atoms with Gasteiger partial charge in [0.25, 0.3) is 0 Å². The van der Waals surface area contributed by atoms with Crippen LogP contribution in [0.2, 0.25) is 5.02 Å². The average Bonchev–Trinajstić information content (AvgIpc) is 2.65. The molecule has 2 aromatic carbocycles. The first-order valence-corrected chi connectivity index (χ1v) is 8.81. The van der Waals surface area contributed by atoms with Crippen molar-refractivity contribution < 1.29 is 19.4 Å². The minimum Gasteiger partial charge on any atom is -0.495 e. The molecule has 1 aliphatic heterocycles. The Kier molecular flexibility index (Phi) is 5.47. The molecule has 0 radical (unpaired) electrons. The fourth-order valence-corrected chi connectivity index (χ4v) is 3.46. The molecule has 0 saturated carbocycles. The van der Waals surface area contributed by atoms with Crippen LogP contribution in [0.4, 0.5) is 0 Å². The van der Waals surface area contributed by atoms with E-state index < -0.39 is 5.97 Å². The van der Waals surface area contributed by atoms with Gasteiger partial charge < -0.3 is 14.7 Å². The molecule has 0 fully saturated rings. The smallest absolute Gasteiger partial charge is 0.335 e. The predicted molar refractivity (Wildman–Crippen MR) is 98.8 cm³/mol. The molecule has 1 N–H and O–H groups in total. The monoisotopic (exact) mass is 373 g/mol. The normalized spacial score (nSPS) is 13.2. The molecule has 0 atom stereocenters. The van der Waals surface area contributed by atoms with Crippen molar-refractivity contribution in [2.45, 2.75) is 25.8 Å². The van der Waals surface area contributed by atoms with E-state index in [1.165, 1.54) is 0 Å². The maximum Gasteiger partial charge on any atom is 0.335 e. The summed E-state index contributed by atoms with van der Waals surface area (Å²) in [6.07, 6.45) is 1.73. The topological polar surface area (TPSA) is 66.8 Å². The number of amides is 1. The summed E-state index contributed by atoms with van der Waals surface area (Å²) in [5.41, 5.74) is 3.26. The van der Waals surface area contributed by atoms with Gasteiger partial charge in [0.1, 0.15) is 5.75 Å². The Bertz CT molecular complexity index is 850. The molecule has 136 valence electrons. The summed E-state index contributed by atoms with van der Waals surface area (Å²) in [5, 5.41) is 9.66. The highest BCUT2D eigenvalue weighted by Crippen LogP contribution is 2.26. The first kappa shape index (κ1) is 18.3. The molecule has 0 bridgehead atoms. The van der Waals surface area contributed by atoms with Crippen LogP contribution in [0.5, 0.6) is 5.75 Å². The number of ether oxygens (including phenoxy) is 1. The number of carbonyl (C=O) groups is 2. The van der Waals surface area contributed by atoms with Crippen molar-refractivity contribution in [3.8, 4) is 5.75 Å². The Hall–Kier alpha value is -2.53. The molecule has 26 heavy (non-hydrogen) atoms. The highest BCUT2D eigenvalue weighted by atomic mass is 35.5. The van der Waals surface area contributed by atoms with Crippen LogP contribution in [0.25, 0.3) is 0 Å². The number of hydrogen-bond donors (Lipinski definition) is 1. The quantitative estimate of drug-likeness (QED) is 0.870. The minimum atomic E-state index is -0.951. The molecular formula is C20H20ClNO4. The lowest BCUT2D eigenvalue weighted by molar-refractivity contribution is -0.132. The third-order valence-corrected chi connectivity index (χ3v) is 4.96. The van der Waals surface area contributed by atoms with Gasteiger partial charge in [-0.1, -0.05) is 23.7 Å². The molecule has 5 nitrogen and oxygen atoms in total. The van der Waals surface area contributed by atoms with Crippen LogP contribution >= 0.6 is 11.6 Å². The number of aromatic carboxylic acids is 1. The van der Waals surface area contributed by atoms with Gasteiger partial charge in [-0.05, 0) is 53.8 Å². The van der Waals surface area contributed by atoms with E-state index in [0.29, 0.717) is 36.7 Å². The van der Waals surface area contributed by atoms with Gasteiger partial charge in [0.15, 0.2) is 0 Å². The highest BCUT2D eigenvalue weighted by Gasteiger charge is 2.21. The van der Waals surface area contributed by atoms with Crippen molar-refractivity contribution in [1.29, 1.82) is 0 Å². The molecule has 1 heterocycles. The molecule has 0 spiro atoms. The predicted octanol–water partition coefficient (Wildman–Crippen LogP) is 3.56. The zero-order chi connectivity index (χ0) is 18.7. The number of carboxylic acid groups (broad SMARTS) is 1. The molecule has 1 amide bonds. The number of nitrogens with zero attached hydrogens (tertiary/aromatic N) is 1. The van der Waals surface area contributed by atoms with E-state index in [-0.39, 0.29) is 11.5 Å². The number of benzene rings is 2. The Morgan fingerprint density at radius 3 is 2.69 bits per heavy atom. The van der Waals surface area contributed by atoms with E-state index in [1.807, 2.05) is 18.2 Å². The van der Waals surface area contributed by atoms with Crippen LogP contribution in [-0.4, -0.2) is 35.5 Å². The van der Waals surface area contributed by atoms with Crippen LogP contribution in [0.15, 0.2) is 36.4 Å². The molecule has 0 aromatic heterocycles. The molecule has 2 aromatic rings. The van der Waals surface area contributed by atoms with Gasteiger partial charge in [-0.15, -0.1) is 0 Å².